The number of carbonyl (C=O) groups excluding carboxylic acids is 1. The zero-order valence-electron chi connectivity index (χ0n) is 20.0. The van der Waals surface area contributed by atoms with Crippen LogP contribution in [0.2, 0.25) is 0 Å². The van der Waals surface area contributed by atoms with E-state index in [1.165, 1.54) is 5.56 Å². The summed E-state index contributed by atoms with van der Waals surface area (Å²) in [4.78, 5) is 12.8. The van der Waals surface area contributed by atoms with Gasteiger partial charge in [-0.3, -0.25) is 4.79 Å². The van der Waals surface area contributed by atoms with Gasteiger partial charge in [0.05, 0.1) is 12.9 Å². The van der Waals surface area contributed by atoms with Gasteiger partial charge in [0.25, 0.3) is 0 Å². The minimum atomic E-state index is -0.243. The number of rotatable bonds is 6. The largest absolute Gasteiger partial charge is 0.493 e. The second-order valence-electron chi connectivity index (χ2n) is 8.47. The summed E-state index contributed by atoms with van der Waals surface area (Å²) >= 11 is 0. The van der Waals surface area contributed by atoms with E-state index in [9.17, 15) is 4.79 Å². The number of carbonyl (C=O) groups is 1. The molecular weight excluding hydrogens is 442 g/mol. The second-order valence-corrected chi connectivity index (χ2v) is 8.47. The van der Waals surface area contributed by atoms with Crippen LogP contribution in [0.3, 0.4) is 0 Å². The summed E-state index contributed by atoms with van der Waals surface area (Å²) in [6.07, 6.45) is 3.34. The summed E-state index contributed by atoms with van der Waals surface area (Å²) in [6, 6.07) is 17.6. The Morgan fingerprint density at radius 2 is 1.80 bits per heavy atom. The number of fused-ring (bicyclic) bond motifs is 2. The summed E-state index contributed by atoms with van der Waals surface area (Å²) in [7, 11) is 0. The van der Waals surface area contributed by atoms with Crippen LogP contribution < -0.4 is 19.5 Å². The summed E-state index contributed by atoms with van der Waals surface area (Å²) in [5.41, 5.74) is 6.26. The Morgan fingerprint density at radius 3 is 2.57 bits per heavy atom. The van der Waals surface area contributed by atoms with Crippen molar-refractivity contribution in [1.29, 1.82) is 0 Å². The Balaban J connectivity index is 1.46. The molecular formula is C29H27NO5. The Morgan fingerprint density at radius 1 is 1.03 bits per heavy atom. The Kier molecular flexibility index (Phi) is 6.19. The summed E-state index contributed by atoms with van der Waals surface area (Å²) < 4.78 is 22.9. The number of benzene rings is 3. The van der Waals surface area contributed by atoms with Gasteiger partial charge in [0.15, 0.2) is 11.5 Å². The third-order valence-corrected chi connectivity index (χ3v) is 5.92. The maximum atomic E-state index is 12.8. The van der Waals surface area contributed by atoms with Crippen molar-refractivity contribution in [3.05, 3.63) is 78.1 Å². The van der Waals surface area contributed by atoms with E-state index in [2.05, 4.69) is 36.5 Å². The number of amides is 1. The van der Waals surface area contributed by atoms with Gasteiger partial charge >= 0.3 is 0 Å². The standard InChI is InChI=1S/C29H27NO5/c1-4-32-26-16-27-23(24(17-35-27)20-7-5-18(2)6-8-20)15-22(26)19(3)13-29(31)30-21-9-10-25-28(14-21)34-12-11-33-25/h5-10,13-17H,4,11-12H2,1-3H3,(H,30,31)/b19-13+. The fourth-order valence-corrected chi connectivity index (χ4v) is 4.17. The molecule has 0 bridgehead atoms. The molecule has 4 aromatic rings. The molecule has 0 unspecified atom stereocenters. The average molecular weight is 470 g/mol. The maximum absolute atomic E-state index is 12.8. The van der Waals surface area contributed by atoms with E-state index in [1.807, 2.05) is 26.0 Å². The average Bonchev–Trinajstić information content (AvgIpc) is 3.27. The summed E-state index contributed by atoms with van der Waals surface area (Å²) in [5.74, 6) is 1.74. The molecule has 1 N–H and O–H groups in total. The second kappa shape index (κ2) is 9.58. The maximum Gasteiger partial charge on any atom is 0.248 e. The predicted molar refractivity (Wildman–Crippen MR) is 137 cm³/mol. The predicted octanol–water partition coefficient (Wildman–Crippen LogP) is 6.62. The molecule has 1 aromatic heterocycles. The van der Waals surface area contributed by atoms with E-state index >= 15 is 0 Å². The molecule has 0 fully saturated rings. The van der Waals surface area contributed by atoms with Crippen LogP contribution >= 0.6 is 0 Å². The third kappa shape index (κ3) is 4.73. The highest BCUT2D eigenvalue weighted by atomic mass is 16.6. The van der Waals surface area contributed by atoms with Crippen molar-refractivity contribution < 1.29 is 23.4 Å². The van der Waals surface area contributed by atoms with Gasteiger partial charge in [0.2, 0.25) is 5.91 Å². The van der Waals surface area contributed by atoms with Crippen molar-refractivity contribution in [3.63, 3.8) is 0 Å². The zero-order chi connectivity index (χ0) is 24.4. The Bertz CT molecular complexity index is 1420. The molecule has 6 nitrogen and oxygen atoms in total. The number of furan rings is 1. The number of ether oxygens (including phenoxy) is 3. The molecule has 35 heavy (non-hydrogen) atoms. The summed E-state index contributed by atoms with van der Waals surface area (Å²) in [6.45, 7) is 7.41. The van der Waals surface area contributed by atoms with Crippen LogP contribution in [-0.2, 0) is 4.79 Å². The van der Waals surface area contributed by atoms with Gasteiger partial charge in [0, 0.05) is 40.4 Å². The smallest absolute Gasteiger partial charge is 0.248 e. The van der Waals surface area contributed by atoms with Crippen LogP contribution in [0.4, 0.5) is 5.69 Å². The van der Waals surface area contributed by atoms with Gasteiger partial charge in [-0.25, -0.2) is 0 Å². The van der Waals surface area contributed by atoms with Crippen molar-refractivity contribution in [2.24, 2.45) is 0 Å². The van der Waals surface area contributed by atoms with Crippen LogP contribution in [-0.4, -0.2) is 25.7 Å². The molecule has 3 aromatic carbocycles. The van der Waals surface area contributed by atoms with Gasteiger partial charge in [-0.15, -0.1) is 0 Å². The van der Waals surface area contributed by atoms with E-state index in [-0.39, 0.29) is 5.91 Å². The molecule has 0 radical (unpaired) electrons. The Hall–Kier alpha value is -4.19. The first kappa shape index (κ1) is 22.6. The highest BCUT2D eigenvalue weighted by Gasteiger charge is 2.16. The topological polar surface area (TPSA) is 69.9 Å². The lowest BCUT2D eigenvalue weighted by molar-refractivity contribution is -0.111. The first-order valence-corrected chi connectivity index (χ1v) is 11.7. The number of nitrogens with one attached hydrogen (secondary N) is 1. The van der Waals surface area contributed by atoms with Gasteiger partial charge in [-0.05, 0) is 50.1 Å². The van der Waals surface area contributed by atoms with Gasteiger partial charge in [-0.1, -0.05) is 29.8 Å². The molecule has 1 aliphatic rings. The first-order valence-electron chi connectivity index (χ1n) is 11.7. The molecule has 178 valence electrons. The third-order valence-electron chi connectivity index (χ3n) is 5.92. The molecule has 0 atom stereocenters. The minimum Gasteiger partial charge on any atom is -0.493 e. The van der Waals surface area contributed by atoms with Crippen molar-refractivity contribution in [1.82, 2.24) is 0 Å². The van der Waals surface area contributed by atoms with Crippen molar-refractivity contribution >= 4 is 28.1 Å². The van der Waals surface area contributed by atoms with Crippen LogP contribution in [0.15, 0.2) is 71.4 Å². The number of aryl methyl sites for hydroxylation is 1. The molecule has 2 heterocycles. The molecule has 0 aliphatic carbocycles. The highest BCUT2D eigenvalue weighted by molar-refractivity contribution is 6.05. The lowest BCUT2D eigenvalue weighted by Gasteiger charge is -2.18. The molecule has 6 heteroatoms. The SMILES string of the molecule is CCOc1cc2occ(-c3ccc(C)cc3)c2cc1/C(C)=C/C(=O)Nc1ccc2c(c1)OCCO2. The normalized spacial score (nSPS) is 13.1. The zero-order valence-corrected chi connectivity index (χ0v) is 20.0. The summed E-state index contributed by atoms with van der Waals surface area (Å²) in [5, 5.41) is 3.87. The molecule has 1 aliphatic heterocycles. The van der Waals surface area contributed by atoms with E-state index in [1.54, 1.807) is 30.5 Å². The van der Waals surface area contributed by atoms with Crippen LogP contribution in [0.25, 0.3) is 27.7 Å². The lowest BCUT2D eigenvalue weighted by atomic mass is 9.98. The van der Waals surface area contributed by atoms with E-state index < -0.39 is 0 Å². The quantitative estimate of drug-likeness (QED) is 0.321. The lowest BCUT2D eigenvalue weighted by Crippen LogP contribution is -2.16. The molecule has 0 saturated carbocycles. The number of hydrogen-bond acceptors (Lipinski definition) is 5. The van der Waals surface area contributed by atoms with Crippen molar-refractivity contribution in [2.75, 3.05) is 25.1 Å². The fourth-order valence-electron chi connectivity index (χ4n) is 4.17. The molecule has 0 saturated heterocycles. The molecule has 5 rings (SSSR count). The van der Waals surface area contributed by atoms with E-state index in [0.29, 0.717) is 42.8 Å². The van der Waals surface area contributed by atoms with Gasteiger partial charge in [0.1, 0.15) is 24.5 Å². The van der Waals surface area contributed by atoms with Crippen LogP contribution in [0, 0.1) is 6.92 Å². The van der Waals surface area contributed by atoms with E-state index in [4.69, 9.17) is 18.6 Å². The van der Waals surface area contributed by atoms with Crippen LogP contribution in [0.5, 0.6) is 17.2 Å². The monoisotopic (exact) mass is 469 g/mol. The highest BCUT2D eigenvalue weighted by Crippen LogP contribution is 2.38. The van der Waals surface area contributed by atoms with Gasteiger partial charge < -0.3 is 23.9 Å². The molecule has 0 spiro atoms. The molecule has 1 amide bonds. The van der Waals surface area contributed by atoms with Crippen LogP contribution in [0.1, 0.15) is 25.0 Å². The minimum absolute atomic E-state index is 0.243. The van der Waals surface area contributed by atoms with Crippen molar-refractivity contribution in [3.8, 4) is 28.4 Å². The number of anilines is 1. The number of hydrogen-bond donors (Lipinski definition) is 1. The Labute approximate surface area is 204 Å². The van der Waals surface area contributed by atoms with Crippen molar-refractivity contribution in [2.45, 2.75) is 20.8 Å². The van der Waals surface area contributed by atoms with E-state index in [0.717, 1.165) is 33.2 Å². The van der Waals surface area contributed by atoms with Gasteiger partial charge in [-0.2, -0.15) is 0 Å². The number of allylic oxidation sites excluding steroid dienone is 1. The fraction of sp³-hybridized carbons (Fsp3) is 0.207. The first-order chi connectivity index (χ1) is 17.0.